The Morgan fingerprint density at radius 3 is 2.52 bits per heavy atom. The smallest absolute Gasteiger partial charge is 0.340 e. The highest BCUT2D eigenvalue weighted by atomic mass is 16.5. The molecule has 0 bridgehead atoms. The fraction of sp³-hybridized carbons (Fsp3) is 0.526. The third kappa shape index (κ3) is 3.42. The highest BCUT2D eigenvalue weighted by Crippen LogP contribution is 2.41. The first kappa shape index (κ1) is 16.1. The number of benzene rings is 1. The van der Waals surface area contributed by atoms with Gasteiger partial charge in [0.05, 0.1) is 13.2 Å². The summed E-state index contributed by atoms with van der Waals surface area (Å²) in [6.07, 6.45) is 5.79. The first-order valence-corrected chi connectivity index (χ1v) is 8.41. The first-order chi connectivity index (χ1) is 11.2. The molecular weight excluding hydrogens is 292 g/mol. The summed E-state index contributed by atoms with van der Waals surface area (Å²) >= 11 is 0. The van der Waals surface area contributed by atoms with Gasteiger partial charge in [0.2, 0.25) is 0 Å². The number of hydrogen-bond donors (Lipinski definition) is 1. The molecule has 1 heterocycles. The highest BCUT2D eigenvalue weighted by Gasteiger charge is 2.38. The van der Waals surface area contributed by atoms with E-state index >= 15 is 0 Å². The summed E-state index contributed by atoms with van der Waals surface area (Å²) in [5.74, 6) is 0.0577. The summed E-state index contributed by atoms with van der Waals surface area (Å²) in [5.41, 5.74) is 1.12. The lowest BCUT2D eigenvalue weighted by atomic mass is 9.81. The SMILES string of the molecule is COC(=O)C1=C(O)C[C@H](C2CCCCC2)O[C@H]1c1ccccc1. The van der Waals surface area contributed by atoms with Gasteiger partial charge in [0.1, 0.15) is 17.4 Å². The van der Waals surface area contributed by atoms with Crippen molar-refractivity contribution < 1.29 is 19.4 Å². The van der Waals surface area contributed by atoms with E-state index in [9.17, 15) is 9.90 Å². The Morgan fingerprint density at radius 1 is 1.17 bits per heavy atom. The van der Waals surface area contributed by atoms with E-state index in [1.54, 1.807) is 0 Å². The molecule has 23 heavy (non-hydrogen) atoms. The minimum atomic E-state index is -0.552. The number of rotatable bonds is 3. The van der Waals surface area contributed by atoms with Gasteiger partial charge in [0.25, 0.3) is 0 Å². The first-order valence-electron chi connectivity index (χ1n) is 8.41. The maximum Gasteiger partial charge on any atom is 0.340 e. The van der Waals surface area contributed by atoms with Gasteiger partial charge in [0, 0.05) is 6.42 Å². The van der Waals surface area contributed by atoms with E-state index in [1.165, 1.54) is 26.4 Å². The van der Waals surface area contributed by atoms with Crippen molar-refractivity contribution in [3.05, 3.63) is 47.2 Å². The summed E-state index contributed by atoms with van der Waals surface area (Å²) in [6.45, 7) is 0. The zero-order valence-corrected chi connectivity index (χ0v) is 13.5. The van der Waals surface area contributed by atoms with Crippen molar-refractivity contribution in [1.82, 2.24) is 0 Å². The van der Waals surface area contributed by atoms with Gasteiger partial charge in [-0.2, -0.15) is 0 Å². The summed E-state index contributed by atoms with van der Waals surface area (Å²) in [7, 11) is 1.33. The molecule has 1 aliphatic carbocycles. The van der Waals surface area contributed by atoms with Crippen LogP contribution in [-0.4, -0.2) is 24.3 Å². The molecule has 124 valence electrons. The Kier molecular flexibility index (Phi) is 5.01. The van der Waals surface area contributed by atoms with E-state index in [2.05, 4.69) is 0 Å². The molecule has 0 aromatic heterocycles. The molecule has 1 aromatic carbocycles. The molecule has 1 aromatic rings. The standard InChI is InChI=1S/C19H24O4/c1-22-19(21)17-15(20)12-16(13-8-4-2-5-9-13)23-18(17)14-10-6-3-7-11-14/h3,6-7,10-11,13,16,18,20H,2,4-5,8-9,12H2,1H3/t16-,18+/m1/s1. The van der Waals surface area contributed by atoms with Crippen LogP contribution in [0.2, 0.25) is 0 Å². The predicted octanol–water partition coefficient (Wildman–Crippen LogP) is 4.08. The summed E-state index contributed by atoms with van der Waals surface area (Å²) in [4.78, 5) is 12.1. The van der Waals surface area contributed by atoms with Crippen molar-refractivity contribution in [2.24, 2.45) is 5.92 Å². The third-order valence-corrected chi connectivity index (χ3v) is 4.96. The molecule has 1 aliphatic heterocycles. The van der Waals surface area contributed by atoms with Crippen LogP contribution in [0.4, 0.5) is 0 Å². The van der Waals surface area contributed by atoms with Crippen molar-refractivity contribution in [3.8, 4) is 0 Å². The molecule has 0 unspecified atom stereocenters. The highest BCUT2D eigenvalue weighted by molar-refractivity contribution is 5.90. The number of hydrogen-bond acceptors (Lipinski definition) is 4. The molecule has 1 N–H and O–H groups in total. The average Bonchev–Trinajstić information content (AvgIpc) is 2.62. The molecule has 0 saturated heterocycles. The quantitative estimate of drug-likeness (QED) is 0.854. The second-order valence-corrected chi connectivity index (χ2v) is 6.42. The van der Waals surface area contributed by atoms with Crippen LogP contribution in [0.25, 0.3) is 0 Å². The lowest BCUT2D eigenvalue weighted by molar-refractivity contribution is -0.140. The number of carbonyl (C=O) groups is 1. The second kappa shape index (κ2) is 7.18. The van der Waals surface area contributed by atoms with E-state index in [1.807, 2.05) is 30.3 Å². The summed E-state index contributed by atoms with van der Waals surface area (Å²) < 4.78 is 11.2. The van der Waals surface area contributed by atoms with Crippen molar-refractivity contribution in [2.45, 2.75) is 50.7 Å². The maximum atomic E-state index is 12.1. The normalized spacial score (nSPS) is 26.1. The Morgan fingerprint density at radius 2 is 1.87 bits per heavy atom. The molecule has 0 amide bonds. The third-order valence-electron chi connectivity index (χ3n) is 4.96. The molecule has 0 spiro atoms. The van der Waals surface area contributed by atoms with Crippen LogP contribution in [0.15, 0.2) is 41.7 Å². The van der Waals surface area contributed by atoms with E-state index in [4.69, 9.17) is 9.47 Å². The van der Waals surface area contributed by atoms with E-state index in [-0.39, 0.29) is 17.4 Å². The van der Waals surface area contributed by atoms with Crippen molar-refractivity contribution in [1.29, 1.82) is 0 Å². The van der Waals surface area contributed by atoms with Gasteiger partial charge in [-0.15, -0.1) is 0 Å². The molecule has 2 aliphatic rings. The fourth-order valence-corrected chi connectivity index (χ4v) is 3.73. The van der Waals surface area contributed by atoms with Gasteiger partial charge in [-0.1, -0.05) is 49.6 Å². The molecule has 1 fully saturated rings. The molecule has 0 radical (unpaired) electrons. The van der Waals surface area contributed by atoms with Crippen molar-refractivity contribution in [2.75, 3.05) is 7.11 Å². The number of ether oxygens (including phenoxy) is 2. The Labute approximate surface area is 137 Å². The topological polar surface area (TPSA) is 55.8 Å². The zero-order chi connectivity index (χ0) is 16.2. The molecule has 1 saturated carbocycles. The van der Waals surface area contributed by atoms with Crippen LogP contribution < -0.4 is 0 Å². The molecule has 4 heteroatoms. The van der Waals surface area contributed by atoms with Gasteiger partial charge in [-0.05, 0) is 24.3 Å². The summed E-state index contributed by atoms with van der Waals surface area (Å²) in [6, 6.07) is 9.59. The van der Waals surface area contributed by atoms with Crippen LogP contribution in [0, 0.1) is 5.92 Å². The monoisotopic (exact) mass is 316 g/mol. The Balaban J connectivity index is 1.91. The molecule has 4 nitrogen and oxygen atoms in total. The van der Waals surface area contributed by atoms with Crippen molar-refractivity contribution >= 4 is 5.97 Å². The fourth-order valence-electron chi connectivity index (χ4n) is 3.73. The van der Waals surface area contributed by atoms with Gasteiger partial charge < -0.3 is 14.6 Å². The minimum absolute atomic E-state index is 0.0334. The van der Waals surface area contributed by atoms with Gasteiger partial charge in [0.15, 0.2) is 0 Å². The second-order valence-electron chi connectivity index (χ2n) is 6.42. The van der Waals surface area contributed by atoms with Crippen LogP contribution in [-0.2, 0) is 14.3 Å². The lowest BCUT2D eigenvalue weighted by Crippen LogP contribution is -2.34. The summed E-state index contributed by atoms with van der Waals surface area (Å²) in [5, 5.41) is 10.5. The number of carbonyl (C=O) groups excluding carboxylic acids is 1. The Hall–Kier alpha value is -1.81. The van der Waals surface area contributed by atoms with Crippen LogP contribution in [0.1, 0.15) is 50.2 Å². The maximum absolute atomic E-state index is 12.1. The van der Waals surface area contributed by atoms with Crippen LogP contribution in [0.3, 0.4) is 0 Å². The molecular formula is C19H24O4. The van der Waals surface area contributed by atoms with E-state index in [0.29, 0.717) is 12.3 Å². The minimum Gasteiger partial charge on any atom is -0.512 e. The van der Waals surface area contributed by atoms with E-state index in [0.717, 1.165) is 18.4 Å². The van der Waals surface area contributed by atoms with Crippen LogP contribution in [0.5, 0.6) is 0 Å². The zero-order valence-electron chi connectivity index (χ0n) is 13.5. The van der Waals surface area contributed by atoms with Crippen LogP contribution >= 0.6 is 0 Å². The number of esters is 1. The lowest BCUT2D eigenvalue weighted by Gasteiger charge is -2.37. The van der Waals surface area contributed by atoms with Gasteiger partial charge in [-0.3, -0.25) is 0 Å². The largest absolute Gasteiger partial charge is 0.512 e. The van der Waals surface area contributed by atoms with E-state index < -0.39 is 12.1 Å². The van der Waals surface area contributed by atoms with Gasteiger partial charge in [-0.25, -0.2) is 4.79 Å². The molecule has 3 rings (SSSR count). The Bertz CT molecular complexity index is 572. The molecule has 2 atom stereocenters. The number of methoxy groups -OCH3 is 1. The number of aliphatic hydroxyl groups excluding tert-OH is 1. The van der Waals surface area contributed by atoms with Gasteiger partial charge >= 0.3 is 5.97 Å². The predicted molar refractivity (Wildman–Crippen MR) is 86.9 cm³/mol. The number of aliphatic hydroxyl groups is 1. The average molecular weight is 316 g/mol. The van der Waals surface area contributed by atoms with Crippen molar-refractivity contribution in [3.63, 3.8) is 0 Å².